The molecule has 2 nitrogen and oxygen atoms in total. The van der Waals surface area contributed by atoms with Crippen LogP contribution in [-0.2, 0) is 6.54 Å². The minimum atomic E-state index is -0.825. The molecule has 0 aliphatic heterocycles. The molecular formula is C13H13BrFNO. The predicted octanol–water partition coefficient (Wildman–Crippen LogP) is -1.15. The van der Waals surface area contributed by atoms with Crippen LogP contribution >= 0.6 is 0 Å². The van der Waals surface area contributed by atoms with Crippen molar-refractivity contribution in [1.29, 1.82) is 0 Å². The lowest BCUT2D eigenvalue weighted by atomic mass is 10.1. The summed E-state index contributed by atoms with van der Waals surface area (Å²) in [7, 11) is 0. The SMILES string of the molecule is OC(C[n+]1ccccc1)c1ccccc1F.[Br-]. The van der Waals surface area contributed by atoms with Gasteiger partial charge in [0.2, 0.25) is 0 Å². The zero-order valence-electron chi connectivity index (χ0n) is 9.13. The molecule has 0 aliphatic carbocycles. The van der Waals surface area contributed by atoms with E-state index in [1.54, 1.807) is 18.2 Å². The quantitative estimate of drug-likeness (QED) is 0.711. The van der Waals surface area contributed by atoms with Crippen LogP contribution in [0.25, 0.3) is 0 Å². The van der Waals surface area contributed by atoms with Crippen LogP contribution in [0.4, 0.5) is 4.39 Å². The van der Waals surface area contributed by atoms with Crippen molar-refractivity contribution in [2.45, 2.75) is 12.6 Å². The van der Waals surface area contributed by atoms with E-state index in [0.717, 1.165) is 0 Å². The van der Waals surface area contributed by atoms with Crippen molar-refractivity contribution < 1.29 is 31.0 Å². The van der Waals surface area contributed by atoms with Crippen LogP contribution in [0.3, 0.4) is 0 Å². The van der Waals surface area contributed by atoms with Gasteiger partial charge >= 0.3 is 0 Å². The summed E-state index contributed by atoms with van der Waals surface area (Å²) in [5.41, 5.74) is 0.332. The maximum absolute atomic E-state index is 13.4. The molecule has 1 N–H and O–H groups in total. The topological polar surface area (TPSA) is 24.1 Å². The fourth-order valence-electron chi connectivity index (χ4n) is 1.60. The molecule has 1 unspecified atom stereocenters. The molecule has 0 amide bonds. The number of aliphatic hydroxyl groups excluding tert-OH is 1. The number of halogens is 2. The molecule has 0 aliphatic rings. The van der Waals surface area contributed by atoms with E-state index in [1.807, 2.05) is 35.2 Å². The summed E-state index contributed by atoms with van der Waals surface area (Å²) in [5.74, 6) is -0.369. The van der Waals surface area contributed by atoms with Gasteiger partial charge in [-0.15, -0.1) is 0 Å². The molecule has 1 aromatic carbocycles. The second kappa shape index (κ2) is 6.47. The summed E-state index contributed by atoms with van der Waals surface area (Å²) >= 11 is 0. The van der Waals surface area contributed by atoms with Gasteiger partial charge in [-0.1, -0.05) is 24.3 Å². The average molecular weight is 298 g/mol. The van der Waals surface area contributed by atoms with E-state index in [1.165, 1.54) is 6.07 Å². The number of nitrogens with zero attached hydrogens (tertiary/aromatic N) is 1. The predicted molar refractivity (Wildman–Crippen MR) is 58.0 cm³/mol. The Morgan fingerprint density at radius 3 is 2.35 bits per heavy atom. The molecular weight excluding hydrogens is 285 g/mol. The highest BCUT2D eigenvalue weighted by atomic mass is 79.9. The Hall–Kier alpha value is -1.26. The zero-order chi connectivity index (χ0) is 11.4. The van der Waals surface area contributed by atoms with Gasteiger partial charge in [-0.05, 0) is 6.07 Å². The molecule has 0 bridgehead atoms. The summed E-state index contributed by atoms with van der Waals surface area (Å²) in [6, 6.07) is 11.9. The fourth-order valence-corrected chi connectivity index (χ4v) is 1.60. The van der Waals surface area contributed by atoms with E-state index in [2.05, 4.69) is 0 Å². The van der Waals surface area contributed by atoms with Crippen LogP contribution in [0.5, 0.6) is 0 Å². The van der Waals surface area contributed by atoms with Crippen molar-refractivity contribution in [3.8, 4) is 0 Å². The molecule has 2 aromatic rings. The monoisotopic (exact) mass is 297 g/mol. The molecule has 0 saturated carbocycles. The number of hydrogen-bond acceptors (Lipinski definition) is 1. The lowest BCUT2D eigenvalue weighted by Gasteiger charge is -2.08. The van der Waals surface area contributed by atoms with E-state index < -0.39 is 6.10 Å². The summed E-state index contributed by atoms with van der Waals surface area (Å²) in [5, 5.41) is 9.89. The van der Waals surface area contributed by atoms with E-state index in [4.69, 9.17) is 0 Å². The van der Waals surface area contributed by atoms with Crippen LogP contribution in [-0.4, -0.2) is 5.11 Å². The number of aliphatic hydroxyl groups is 1. The Kier molecular flexibility index (Phi) is 5.25. The third kappa shape index (κ3) is 3.61. The van der Waals surface area contributed by atoms with Crippen molar-refractivity contribution in [2.24, 2.45) is 0 Å². The minimum Gasteiger partial charge on any atom is -1.00 e. The number of aromatic nitrogens is 1. The van der Waals surface area contributed by atoms with Gasteiger partial charge in [0.1, 0.15) is 11.9 Å². The molecule has 4 heteroatoms. The van der Waals surface area contributed by atoms with Gasteiger partial charge in [0.25, 0.3) is 0 Å². The maximum Gasteiger partial charge on any atom is 0.178 e. The van der Waals surface area contributed by atoms with Gasteiger partial charge in [0, 0.05) is 17.7 Å². The van der Waals surface area contributed by atoms with Crippen LogP contribution in [0.2, 0.25) is 0 Å². The second-order valence-corrected chi connectivity index (χ2v) is 3.61. The number of rotatable bonds is 3. The summed E-state index contributed by atoms with van der Waals surface area (Å²) < 4.78 is 15.2. The summed E-state index contributed by atoms with van der Waals surface area (Å²) in [6.07, 6.45) is 2.85. The Morgan fingerprint density at radius 1 is 1.06 bits per heavy atom. The molecule has 1 heterocycles. The normalized spacial score (nSPS) is 11.6. The van der Waals surface area contributed by atoms with E-state index >= 15 is 0 Å². The first-order chi connectivity index (χ1) is 7.77. The van der Waals surface area contributed by atoms with Crippen molar-refractivity contribution >= 4 is 0 Å². The first-order valence-electron chi connectivity index (χ1n) is 5.14. The molecule has 1 aromatic heterocycles. The van der Waals surface area contributed by atoms with Crippen molar-refractivity contribution in [3.63, 3.8) is 0 Å². The maximum atomic E-state index is 13.4. The van der Waals surface area contributed by atoms with E-state index in [0.29, 0.717) is 12.1 Å². The molecule has 0 saturated heterocycles. The number of hydrogen-bond donors (Lipinski definition) is 1. The average Bonchev–Trinajstić information content (AvgIpc) is 2.31. The van der Waals surface area contributed by atoms with Crippen LogP contribution in [0.1, 0.15) is 11.7 Å². The van der Waals surface area contributed by atoms with Crippen LogP contribution < -0.4 is 21.5 Å². The van der Waals surface area contributed by atoms with Gasteiger partial charge in [0.15, 0.2) is 18.9 Å². The Balaban J connectivity index is 0.00000144. The molecule has 90 valence electrons. The lowest BCUT2D eigenvalue weighted by Crippen LogP contribution is -3.00. The van der Waals surface area contributed by atoms with Crippen molar-refractivity contribution in [1.82, 2.24) is 0 Å². The zero-order valence-corrected chi connectivity index (χ0v) is 10.7. The highest BCUT2D eigenvalue weighted by Gasteiger charge is 2.16. The van der Waals surface area contributed by atoms with Gasteiger partial charge in [-0.25, -0.2) is 8.96 Å². The van der Waals surface area contributed by atoms with Crippen molar-refractivity contribution in [3.05, 3.63) is 66.2 Å². The first kappa shape index (κ1) is 13.8. The molecule has 0 fully saturated rings. The highest BCUT2D eigenvalue weighted by Crippen LogP contribution is 2.16. The molecule has 0 radical (unpaired) electrons. The number of benzene rings is 1. The summed E-state index contributed by atoms with van der Waals surface area (Å²) in [6.45, 7) is 0.349. The van der Waals surface area contributed by atoms with E-state index in [9.17, 15) is 9.50 Å². The largest absolute Gasteiger partial charge is 1.00 e. The summed E-state index contributed by atoms with van der Waals surface area (Å²) in [4.78, 5) is 0. The lowest BCUT2D eigenvalue weighted by molar-refractivity contribution is -0.704. The van der Waals surface area contributed by atoms with Gasteiger partial charge in [0.05, 0.1) is 0 Å². The van der Waals surface area contributed by atoms with Crippen LogP contribution in [0, 0.1) is 5.82 Å². The van der Waals surface area contributed by atoms with Crippen LogP contribution in [0.15, 0.2) is 54.9 Å². The molecule has 17 heavy (non-hydrogen) atoms. The third-order valence-corrected chi connectivity index (χ3v) is 2.43. The Labute approximate surface area is 110 Å². The molecule has 0 spiro atoms. The number of pyridine rings is 1. The Bertz CT molecular complexity index is 464. The third-order valence-electron chi connectivity index (χ3n) is 2.43. The second-order valence-electron chi connectivity index (χ2n) is 3.61. The van der Waals surface area contributed by atoms with E-state index in [-0.39, 0.29) is 22.8 Å². The fraction of sp³-hybridized carbons (Fsp3) is 0.154. The van der Waals surface area contributed by atoms with Gasteiger partial charge < -0.3 is 22.1 Å². The first-order valence-corrected chi connectivity index (χ1v) is 5.14. The van der Waals surface area contributed by atoms with Crippen molar-refractivity contribution in [2.75, 3.05) is 0 Å². The smallest absolute Gasteiger partial charge is 0.178 e. The minimum absolute atomic E-state index is 0. The standard InChI is InChI=1S/C13H13FNO.BrH/c14-12-7-3-2-6-11(12)13(16)10-15-8-4-1-5-9-15;/h1-9,13,16H,10H2;1H/q+1;/p-1. The Morgan fingerprint density at radius 2 is 1.71 bits per heavy atom. The van der Waals surface area contributed by atoms with Gasteiger partial charge in [-0.3, -0.25) is 0 Å². The van der Waals surface area contributed by atoms with Gasteiger partial charge in [-0.2, -0.15) is 0 Å². The molecule has 2 rings (SSSR count). The highest BCUT2D eigenvalue weighted by molar-refractivity contribution is 5.19. The molecule has 1 atom stereocenters.